The number of nitrogens with zero attached hydrogens (tertiary/aromatic N) is 1. The molecule has 0 radical (unpaired) electrons. The molecule has 0 aromatic heterocycles. The van der Waals surface area contributed by atoms with E-state index in [9.17, 15) is 9.59 Å². The first-order chi connectivity index (χ1) is 7.22. The molecule has 1 aromatic carbocycles. The first-order valence-corrected chi connectivity index (χ1v) is 4.51. The third-order valence-electron chi connectivity index (χ3n) is 2.17. The van der Waals surface area contributed by atoms with Gasteiger partial charge in [0.05, 0.1) is 5.69 Å². The maximum atomic E-state index is 11.4. The Kier molecular flexibility index (Phi) is 2.21. The largest absolute Gasteiger partial charge is 0.269 e. The van der Waals surface area contributed by atoms with Crippen LogP contribution < -0.4 is 4.90 Å². The molecule has 1 aliphatic rings. The first-order valence-electron chi connectivity index (χ1n) is 4.51. The molecule has 0 spiro atoms. The van der Waals surface area contributed by atoms with Gasteiger partial charge in [-0.1, -0.05) is 24.8 Å². The van der Waals surface area contributed by atoms with E-state index in [0.717, 1.165) is 10.5 Å². The number of carbonyl (C=O) groups is 2. The Balaban J connectivity index is 2.41. The van der Waals surface area contributed by atoms with Crippen LogP contribution >= 0.6 is 0 Å². The maximum Gasteiger partial charge on any atom is 0.258 e. The zero-order valence-electron chi connectivity index (χ0n) is 8.01. The Morgan fingerprint density at radius 1 is 1.13 bits per heavy atom. The summed E-state index contributed by atoms with van der Waals surface area (Å²) in [6.07, 6.45) is 4.20. The SMILES string of the molecule is C=Cc1cccc(N2C(=O)C=CC2=O)c1. The second kappa shape index (κ2) is 3.53. The van der Waals surface area contributed by atoms with E-state index in [0.29, 0.717) is 5.69 Å². The van der Waals surface area contributed by atoms with Crippen LogP contribution in [0.1, 0.15) is 5.56 Å². The quantitative estimate of drug-likeness (QED) is 0.680. The molecule has 0 bridgehead atoms. The predicted octanol–water partition coefficient (Wildman–Crippen LogP) is 1.76. The summed E-state index contributed by atoms with van der Waals surface area (Å²) in [7, 11) is 0. The van der Waals surface area contributed by atoms with Crippen LogP contribution in [0, 0.1) is 0 Å². The molecule has 74 valence electrons. The number of hydrogen-bond donors (Lipinski definition) is 0. The van der Waals surface area contributed by atoms with Crippen LogP contribution in [0.2, 0.25) is 0 Å². The number of rotatable bonds is 2. The van der Waals surface area contributed by atoms with Crippen molar-refractivity contribution in [2.75, 3.05) is 4.90 Å². The smallest absolute Gasteiger partial charge is 0.258 e. The minimum Gasteiger partial charge on any atom is -0.269 e. The second-order valence-electron chi connectivity index (χ2n) is 3.14. The Hall–Kier alpha value is -2.16. The lowest BCUT2D eigenvalue weighted by atomic mass is 10.2. The molecule has 0 fully saturated rings. The van der Waals surface area contributed by atoms with Crippen molar-refractivity contribution in [3.05, 3.63) is 48.6 Å². The number of hydrogen-bond acceptors (Lipinski definition) is 2. The minimum atomic E-state index is -0.304. The van der Waals surface area contributed by atoms with E-state index in [1.807, 2.05) is 6.07 Å². The molecule has 0 atom stereocenters. The van der Waals surface area contributed by atoms with Crippen molar-refractivity contribution >= 4 is 23.6 Å². The molecule has 1 aliphatic heterocycles. The normalized spacial score (nSPS) is 14.8. The van der Waals surface area contributed by atoms with Gasteiger partial charge >= 0.3 is 0 Å². The Morgan fingerprint density at radius 3 is 2.40 bits per heavy atom. The van der Waals surface area contributed by atoms with Gasteiger partial charge in [-0.15, -0.1) is 0 Å². The molecule has 1 aromatic rings. The summed E-state index contributed by atoms with van der Waals surface area (Å²) < 4.78 is 0. The molecule has 0 saturated heterocycles. The lowest BCUT2D eigenvalue weighted by Gasteiger charge is -2.13. The molecule has 0 saturated carbocycles. The van der Waals surface area contributed by atoms with Gasteiger partial charge in [-0.2, -0.15) is 0 Å². The highest BCUT2D eigenvalue weighted by molar-refractivity contribution is 6.28. The van der Waals surface area contributed by atoms with Crippen LogP contribution in [-0.4, -0.2) is 11.8 Å². The number of carbonyl (C=O) groups excluding carboxylic acids is 2. The number of imide groups is 1. The van der Waals surface area contributed by atoms with Gasteiger partial charge < -0.3 is 0 Å². The van der Waals surface area contributed by atoms with Gasteiger partial charge in [0.2, 0.25) is 0 Å². The Morgan fingerprint density at radius 2 is 1.80 bits per heavy atom. The van der Waals surface area contributed by atoms with Gasteiger partial charge in [-0.3, -0.25) is 9.59 Å². The van der Waals surface area contributed by atoms with E-state index >= 15 is 0 Å². The summed E-state index contributed by atoms with van der Waals surface area (Å²) in [4.78, 5) is 23.9. The van der Waals surface area contributed by atoms with Crippen LogP contribution in [0.25, 0.3) is 6.08 Å². The fourth-order valence-electron chi connectivity index (χ4n) is 1.45. The maximum absolute atomic E-state index is 11.4. The van der Waals surface area contributed by atoms with Gasteiger partial charge in [-0.25, -0.2) is 4.90 Å². The molecule has 1 heterocycles. The summed E-state index contributed by atoms with van der Waals surface area (Å²) >= 11 is 0. The van der Waals surface area contributed by atoms with Crippen molar-refractivity contribution in [3.8, 4) is 0 Å². The van der Waals surface area contributed by atoms with Crippen LogP contribution in [0.3, 0.4) is 0 Å². The van der Waals surface area contributed by atoms with Gasteiger partial charge in [0.25, 0.3) is 11.8 Å². The molecular weight excluding hydrogens is 190 g/mol. The van der Waals surface area contributed by atoms with Crippen LogP contribution in [0.15, 0.2) is 43.0 Å². The molecule has 0 aliphatic carbocycles. The van der Waals surface area contributed by atoms with Crippen molar-refractivity contribution in [2.24, 2.45) is 0 Å². The summed E-state index contributed by atoms with van der Waals surface area (Å²) in [5.41, 5.74) is 1.45. The lowest BCUT2D eigenvalue weighted by molar-refractivity contribution is -0.119. The molecule has 3 heteroatoms. The van der Waals surface area contributed by atoms with Gasteiger partial charge in [0.1, 0.15) is 0 Å². The average molecular weight is 199 g/mol. The molecule has 2 rings (SSSR count). The van der Waals surface area contributed by atoms with Crippen molar-refractivity contribution in [2.45, 2.75) is 0 Å². The number of anilines is 1. The topological polar surface area (TPSA) is 37.4 Å². The lowest BCUT2D eigenvalue weighted by Crippen LogP contribution is -2.29. The zero-order chi connectivity index (χ0) is 10.8. The molecule has 0 unspecified atom stereocenters. The molecule has 2 amide bonds. The average Bonchev–Trinajstić information content (AvgIpc) is 2.59. The van der Waals surface area contributed by atoms with E-state index < -0.39 is 0 Å². The summed E-state index contributed by atoms with van der Waals surface area (Å²) in [6, 6.07) is 7.10. The fourth-order valence-corrected chi connectivity index (χ4v) is 1.45. The first kappa shape index (κ1) is 9.40. The Bertz CT molecular complexity index is 456. The number of amides is 2. The highest BCUT2D eigenvalue weighted by Gasteiger charge is 2.24. The number of benzene rings is 1. The van der Waals surface area contributed by atoms with Gasteiger partial charge in [0.15, 0.2) is 0 Å². The second-order valence-corrected chi connectivity index (χ2v) is 3.14. The van der Waals surface area contributed by atoms with Crippen molar-refractivity contribution < 1.29 is 9.59 Å². The van der Waals surface area contributed by atoms with E-state index in [-0.39, 0.29) is 11.8 Å². The van der Waals surface area contributed by atoms with Crippen LogP contribution in [-0.2, 0) is 9.59 Å². The summed E-state index contributed by atoms with van der Waals surface area (Å²) in [5.74, 6) is -0.609. The molecular formula is C12H9NO2. The Labute approximate surface area is 87.3 Å². The van der Waals surface area contributed by atoms with E-state index in [2.05, 4.69) is 6.58 Å². The monoisotopic (exact) mass is 199 g/mol. The highest BCUT2D eigenvalue weighted by Crippen LogP contribution is 2.20. The molecule has 3 nitrogen and oxygen atoms in total. The third-order valence-corrected chi connectivity index (χ3v) is 2.17. The van der Waals surface area contributed by atoms with Crippen molar-refractivity contribution in [1.82, 2.24) is 0 Å². The predicted molar refractivity (Wildman–Crippen MR) is 58.2 cm³/mol. The highest BCUT2D eigenvalue weighted by atomic mass is 16.2. The molecule has 15 heavy (non-hydrogen) atoms. The van der Waals surface area contributed by atoms with Crippen molar-refractivity contribution in [1.29, 1.82) is 0 Å². The van der Waals surface area contributed by atoms with E-state index in [4.69, 9.17) is 0 Å². The molecule has 0 N–H and O–H groups in total. The summed E-state index contributed by atoms with van der Waals surface area (Å²) in [5, 5.41) is 0. The van der Waals surface area contributed by atoms with Gasteiger partial charge in [0, 0.05) is 12.2 Å². The standard InChI is InChI=1S/C12H9NO2/c1-2-9-4-3-5-10(8-9)13-11(14)6-7-12(13)15/h2-8H,1H2. The minimum absolute atomic E-state index is 0.304. The van der Waals surface area contributed by atoms with Gasteiger partial charge in [-0.05, 0) is 17.7 Å². The van der Waals surface area contributed by atoms with Crippen molar-refractivity contribution in [3.63, 3.8) is 0 Å². The summed E-state index contributed by atoms with van der Waals surface area (Å²) in [6.45, 7) is 3.63. The third kappa shape index (κ3) is 1.59. The fraction of sp³-hybridized carbons (Fsp3) is 0. The zero-order valence-corrected chi connectivity index (χ0v) is 8.01. The van der Waals surface area contributed by atoms with E-state index in [1.54, 1.807) is 24.3 Å². The van der Waals surface area contributed by atoms with Crippen LogP contribution in [0.5, 0.6) is 0 Å². The van der Waals surface area contributed by atoms with E-state index in [1.165, 1.54) is 12.2 Å². The van der Waals surface area contributed by atoms with Crippen LogP contribution in [0.4, 0.5) is 5.69 Å².